The van der Waals surface area contributed by atoms with Gasteiger partial charge < -0.3 is 0 Å². The minimum Gasteiger partial charge on any atom is -0.256 e. The Labute approximate surface area is 322 Å². The lowest BCUT2D eigenvalue weighted by Crippen LogP contribution is -1.94. The Kier molecular flexibility index (Phi) is 7.89. The molecule has 0 atom stereocenters. The van der Waals surface area contributed by atoms with Crippen molar-refractivity contribution >= 4 is 43.1 Å². The van der Waals surface area contributed by atoms with Crippen molar-refractivity contribution in [2.24, 2.45) is 0 Å². The van der Waals surface area contributed by atoms with Crippen LogP contribution in [-0.4, -0.2) is 4.98 Å². The summed E-state index contributed by atoms with van der Waals surface area (Å²) in [5.41, 5.74) is 15.9. The van der Waals surface area contributed by atoms with Crippen LogP contribution in [0.2, 0.25) is 0 Å². The first kappa shape index (κ1) is 32.8. The third-order valence-corrected chi connectivity index (χ3v) is 11.4. The predicted molar refractivity (Wildman–Crippen MR) is 236 cm³/mol. The number of aryl methyl sites for hydroxylation is 3. The van der Waals surface area contributed by atoms with E-state index >= 15 is 0 Å². The minimum atomic E-state index is 0.981. The van der Waals surface area contributed by atoms with E-state index in [1.165, 1.54) is 93.2 Å². The first-order valence-electron chi connectivity index (χ1n) is 19.1. The van der Waals surface area contributed by atoms with Crippen molar-refractivity contribution in [2.45, 2.75) is 20.8 Å². The molecular weight excluding hydrogens is 663 g/mol. The summed E-state index contributed by atoms with van der Waals surface area (Å²) in [5.74, 6) is 0. The van der Waals surface area contributed by atoms with Crippen molar-refractivity contribution in [3.05, 3.63) is 199 Å². The fourth-order valence-electron chi connectivity index (χ4n) is 9.10. The Hall–Kier alpha value is -6.83. The van der Waals surface area contributed by atoms with Gasteiger partial charge in [-0.2, -0.15) is 0 Å². The molecule has 0 fully saturated rings. The molecule has 1 nitrogen and oxygen atoms in total. The topological polar surface area (TPSA) is 12.9 Å². The Bertz CT molecular complexity index is 3030. The van der Waals surface area contributed by atoms with E-state index in [1.807, 2.05) is 6.20 Å². The fraction of sp³-hybridized carbons (Fsp3) is 0.0556. The van der Waals surface area contributed by atoms with E-state index in [0.717, 1.165) is 22.4 Å². The maximum Gasteiger partial charge on any atom is 0.0708 e. The highest BCUT2D eigenvalue weighted by Crippen LogP contribution is 2.47. The molecule has 0 saturated carbocycles. The van der Waals surface area contributed by atoms with Gasteiger partial charge in [0.15, 0.2) is 0 Å². The van der Waals surface area contributed by atoms with E-state index < -0.39 is 0 Å². The number of hydrogen-bond donors (Lipinski definition) is 0. The maximum atomic E-state index is 4.99. The van der Waals surface area contributed by atoms with Crippen LogP contribution >= 0.6 is 0 Å². The molecule has 0 N–H and O–H groups in total. The van der Waals surface area contributed by atoms with Gasteiger partial charge in [-0.3, -0.25) is 4.98 Å². The number of hydrogen-bond acceptors (Lipinski definition) is 1. The Balaban J connectivity index is 1.14. The van der Waals surface area contributed by atoms with E-state index in [1.54, 1.807) is 0 Å². The third-order valence-electron chi connectivity index (χ3n) is 11.4. The summed E-state index contributed by atoms with van der Waals surface area (Å²) in [5, 5.41) is 9.99. The molecule has 260 valence electrons. The van der Waals surface area contributed by atoms with E-state index in [4.69, 9.17) is 4.98 Å². The molecule has 1 heteroatoms. The molecule has 55 heavy (non-hydrogen) atoms. The highest BCUT2D eigenvalue weighted by molar-refractivity contribution is 6.24. The Morgan fingerprint density at radius 1 is 0.327 bits per heavy atom. The van der Waals surface area contributed by atoms with Crippen LogP contribution in [-0.2, 0) is 0 Å². The number of pyridine rings is 1. The van der Waals surface area contributed by atoms with Crippen LogP contribution in [0.15, 0.2) is 182 Å². The summed E-state index contributed by atoms with van der Waals surface area (Å²) >= 11 is 0. The zero-order chi connectivity index (χ0) is 37.0. The first-order chi connectivity index (χ1) is 27.0. The van der Waals surface area contributed by atoms with Gasteiger partial charge in [-0.1, -0.05) is 169 Å². The van der Waals surface area contributed by atoms with E-state index in [-0.39, 0.29) is 0 Å². The van der Waals surface area contributed by atoms with Crippen molar-refractivity contribution in [3.63, 3.8) is 0 Å². The highest BCUT2D eigenvalue weighted by Gasteiger charge is 2.20. The van der Waals surface area contributed by atoms with Crippen LogP contribution in [0.25, 0.3) is 98.9 Å². The zero-order valence-electron chi connectivity index (χ0n) is 31.3. The minimum absolute atomic E-state index is 0.981. The normalized spacial score (nSPS) is 11.5. The summed E-state index contributed by atoms with van der Waals surface area (Å²) in [6.07, 6.45) is 2.02. The van der Waals surface area contributed by atoms with Gasteiger partial charge in [-0.05, 0) is 126 Å². The quantitative estimate of drug-likeness (QED) is 0.163. The summed E-state index contributed by atoms with van der Waals surface area (Å²) in [6.45, 7) is 6.66. The molecule has 0 aliphatic carbocycles. The Morgan fingerprint density at radius 2 is 0.836 bits per heavy atom. The van der Waals surface area contributed by atoms with E-state index in [9.17, 15) is 0 Å². The molecule has 0 aliphatic heterocycles. The van der Waals surface area contributed by atoms with E-state index in [0.29, 0.717) is 0 Å². The molecule has 1 aromatic heterocycles. The smallest absolute Gasteiger partial charge is 0.0708 e. The van der Waals surface area contributed by atoms with Crippen molar-refractivity contribution in [1.29, 1.82) is 0 Å². The van der Waals surface area contributed by atoms with Gasteiger partial charge in [0.1, 0.15) is 0 Å². The molecule has 0 amide bonds. The van der Waals surface area contributed by atoms with Crippen LogP contribution in [0.1, 0.15) is 16.7 Å². The summed E-state index contributed by atoms with van der Waals surface area (Å²) in [4.78, 5) is 4.99. The molecular formula is C54H39N. The largest absolute Gasteiger partial charge is 0.256 e. The molecule has 10 rings (SSSR count). The lowest BCUT2D eigenvalue weighted by atomic mass is 9.83. The average molecular weight is 702 g/mol. The van der Waals surface area contributed by atoms with Crippen LogP contribution in [0.5, 0.6) is 0 Å². The predicted octanol–water partition coefficient (Wildman–Crippen LogP) is 15.0. The summed E-state index contributed by atoms with van der Waals surface area (Å²) in [6, 6.07) is 64.4. The third kappa shape index (κ3) is 5.51. The zero-order valence-corrected chi connectivity index (χ0v) is 31.3. The van der Waals surface area contributed by atoms with Gasteiger partial charge in [0, 0.05) is 17.3 Å². The molecule has 1 heterocycles. The first-order valence-corrected chi connectivity index (χ1v) is 19.1. The second-order valence-electron chi connectivity index (χ2n) is 14.9. The molecule has 0 saturated heterocycles. The molecule has 0 radical (unpaired) electrons. The van der Waals surface area contributed by atoms with Gasteiger partial charge in [0.2, 0.25) is 0 Å². The fourth-order valence-corrected chi connectivity index (χ4v) is 9.10. The monoisotopic (exact) mass is 701 g/mol. The molecule has 0 bridgehead atoms. The highest BCUT2D eigenvalue weighted by atomic mass is 14.7. The Morgan fingerprint density at radius 3 is 1.45 bits per heavy atom. The van der Waals surface area contributed by atoms with Crippen LogP contribution < -0.4 is 0 Å². The number of nitrogens with zero attached hydrogens (tertiary/aromatic N) is 1. The van der Waals surface area contributed by atoms with Crippen molar-refractivity contribution < 1.29 is 0 Å². The molecule has 0 aliphatic rings. The number of aromatic nitrogens is 1. The second kappa shape index (κ2) is 13.2. The molecule has 0 spiro atoms. The lowest BCUT2D eigenvalue weighted by Gasteiger charge is -2.20. The van der Waals surface area contributed by atoms with Gasteiger partial charge >= 0.3 is 0 Å². The van der Waals surface area contributed by atoms with Crippen molar-refractivity contribution in [2.75, 3.05) is 0 Å². The summed E-state index contributed by atoms with van der Waals surface area (Å²) < 4.78 is 0. The maximum absolute atomic E-state index is 4.99. The van der Waals surface area contributed by atoms with Crippen molar-refractivity contribution in [1.82, 2.24) is 4.98 Å². The molecule has 9 aromatic carbocycles. The average Bonchev–Trinajstić information content (AvgIpc) is 3.22. The lowest BCUT2D eigenvalue weighted by molar-refractivity contribution is 1.32. The van der Waals surface area contributed by atoms with Gasteiger partial charge in [0.05, 0.1) is 5.69 Å². The van der Waals surface area contributed by atoms with E-state index in [2.05, 4.69) is 197 Å². The number of benzene rings is 9. The van der Waals surface area contributed by atoms with Gasteiger partial charge in [0.25, 0.3) is 0 Å². The van der Waals surface area contributed by atoms with Gasteiger partial charge in [-0.15, -0.1) is 0 Å². The van der Waals surface area contributed by atoms with Crippen LogP contribution in [0.3, 0.4) is 0 Å². The SMILES string of the molecule is Cc1cc(C)c(-c2ccc(-c3c4ccccc4c(-c4cccc(-c5ccc(-c6cccc7ccccc67)nc5)c4)c4ccccc34)c3ccccc23)c(C)c1. The molecule has 10 aromatic rings. The standard InChI is InChI=1S/C54H39N/c1-34-30-35(2)52(36(3)31-34)49-27-28-50(43-20-7-6-19-42(43)49)54-47-23-10-8-21-45(47)53(46-22-9-11-24-48(46)54)39-17-12-16-38(32-39)40-26-29-51(55-33-40)44-25-13-15-37-14-4-5-18-41(37)44/h4-33H,1-3H3. The van der Waals surface area contributed by atoms with Crippen LogP contribution in [0, 0.1) is 20.8 Å². The summed E-state index contributed by atoms with van der Waals surface area (Å²) in [7, 11) is 0. The molecule has 0 unspecified atom stereocenters. The van der Waals surface area contributed by atoms with Crippen LogP contribution in [0.4, 0.5) is 0 Å². The van der Waals surface area contributed by atoms with Gasteiger partial charge in [-0.25, -0.2) is 0 Å². The number of rotatable bonds is 5. The van der Waals surface area contributed by atoms with Crippen molar-refractivity contribution in [3.8, 4) is 55.8 Å². The second-order valence-corrected chi connectivity index (χ2v) is 14.9. The number of fused-ring (bicyclic) bond motifs is 4.